The molecule has 0 bridgehead atoms. The molecule has 0 aliphatic carbocycles. The Balaban J connectivity index is 1.41. The number of hydrogen-bond donors (Lipinski definition) is 0. The van der Waals surface area contributed by atoms with Crippen LogP contribution in [0.15, 0.2) is 30.3 Å². The number of carbonyl (C=O) groups is 3. The van der Waals surface area contributed by atoms with Gasteiger partial charge in [-0.25, -0.2) is 0 Å². The van der Waals surface area contributed by atoms with Gasteiger partial charge in [0.05, 0.1) is 6.54 Å². The van der Waals surface area contributed by atoms with Gasteiger partial charge in [-0.1, -0.05) is 18.2 Å². The van der Waals surface area contributed by atoms with Crippen molar-refractivity contribution in [1.29, 1.82) is 0 Å². The maximum Gasteiger partial charge on any atom is 0.245 e. The second-order valence-corrected chi connectivity index (χ2v) is 9.04. The Bertz CT molecular complexity index is 785. The fourth-order valence-electron chi connectivity index (χ4n) is 5.05. The van der Waals surface area contributed by atoms with E-state index in [0.29, 0.717) is 32.5 Å². The van der Waals surface area contributed by atoms with Crippen LogP contribution in [0.3, 0.4) is 0 Å². The van der Waals surface area contributed by atoms with Crippen LogP contribution in [-0.4, -0.2) is 77.3 Å². The van der Waals surface area contributed by atoms with Gasteiger partial charge in [0.2, 0.25) is 17.7 Å². The zero-order valence-corrected chi connectivity index (χ0v) is 18.4. The highest BCUT2D eigenvalue weighted by molar-refractivity contribution is 5.88. The number of piperidine rings is 1. The van der Waals surface area contributed by atoms with Gasteiger partial charge in [-0.3, -0.25) is 14.4 Å². The molecule has 1 aromatic carbocycles. The third-order valence-corrected chi connectivity index (χ3v) is 6.85. The van der Waals surface area contributed by atoms with Gasteiger partial charge in [-0.15, -0.1) is 0 Å². The number of carbonyl (C=O) groups excluding carboxylic acids is 3. The number of ether oxygens (including phenoxy) is 1. The van der Waals surface area contributed by atoms with Crippen molar-refractivity contribution in [3.8, 4) is 5.75 Å². The van der Waals surface area contributed by atoms with E-state index in [1.807, 2.05) is 40.1 Å². The van der Waals surface area contributed by atoms with Crippen LogP contribution in [0, 0.1) is 5.92 Å². The van der Waals surface area contributed by atoms with Crippen LogP contribution in [-0.2, 0) is 14.4 Å². The van der Waals surface area contributed by atoms with Gasteiger partial charge in [0, 0.05) is 45.9 Å². The van der Waals surface area contributed by atoms with E-state index in [4.69, 9.17) is 4.74 Å². The molecule has 0 unspecified atom stereocenters. The van der Waals surface area contributed by atoms with Crippen molar-refractivity contribution in [2.75, 3.05) is 32.7 Å². The van der Waals surface area contributed by atoms with Gasteiger partial charge >= 0.3 is 0 Å². The molecule has 3 heterocycles. The van der Waals surface area contributed by atoms with Crippen molar-refractivity contribution in [2.45, 2.75) is 57.6 Å². The molecule has 7 heteroatoms. The van der Waals surface area contributed by atoms with E-state index in [9.17, 15) is 14.4 Å². The van der Waals surface area contributed by atoms with Crippen molar-refractivity contribution in [3.05, 3.63) is 30.3 Å². The Morgan fingerprint density at radius 2 is 1.65 bits per heavy atom. The van der Waals surface area contributed by atoms with E-state index < -0.39 is 6.04 Å². The normalized spacial score (nSPS) is 24.5. The standard InChI is InChI=1S/C24H33N3O4/c1-18(28)25-13-9-19(10-14-25)15-23(29)27-17-21(31-20-7-3-2-4-8-20)16-22(27)24(30)26-11-5-6-12-26/h2-4,7-8,19,21-22H,5-6,9-17H2,1H3/t21-,22-/m0/s1. The van der Waals surface area contributed by atoms with E-state index in [-0.39, 0.29) is 29.7 Å². The second kappa shape index (κ2) is 9.71. The molecular formula is C24H33N3O4. The highest BCUT2D eigenvalue weighted by Gasteiger charge is 2.43. The lowest BCUT2D eigenvalue weighted by atomic mass is 9.93. The Kier molecular flexibility index (Phi) is 6.78. The highest BCUT2D eigenvalue weighted by Crippen LogP contribution is 2.29. The third kappa shape index (κ3) is 5.20. The number of para-hydroxylation sites is 1. The van der Waals surface area contributed by atoms with Crippen LogP contribution in [0.4, 0.5) is 0 Å². The summed E-state index contributed by atoms with van der Waals surface area (Å²) in [5.74, 6) is 1.24. The summed E-state index contributed by atoms with van der Waals surface area (Å²) in [4.78, 5) is 43.6. The molecule has 3 amide bonds. The molecule has 0 aromatic heterocycles. The zero-order chi connectivity index (χ0) is 21.8. The van der Waals surface area contributed by atoms with E-state index in [2.05, 4.69) is 0 Å². The molecule has 3 aliphatic rings. The maximum atomic E-state index is 13.3. The summed E-state index contributed by atoms with van der Waals surface area (Å²) in [5.41, 5.74) is 0. The monoisotopic (exact) mass is 427 g/mol. The SMILES string of the molecule is CC(=O)N1CCC(CC(=O)N2C[C@@H](Oc3ccccc3)C[C@H]2C(=O)N2CCCC2)CC1. The smallest absolute Gasteiger partial charge is 0.245 e. The van der Waals surface area contributed by atoms with E-state index in [0.717, 1.165) is 44.5 Å². The minimum absolute atomic E-state index is 0.0398. The average molecular weight is 428 g/mol. The van der Waals surface area contributed by atoms with Crippen molar-refractivity contribution >= 4 is 17.7 Å². The van der Waals surface area contributed by atoms with Crippen LogP contribution in [0.5, 0.6) is 5.75 Å². The van der Waals surface area contributed by atoms with Crippen molar-refractivity contribution in [2.24, 2.45) is 5.92 Å². The van der Waals surface area contributed by atoms with E-state index in [1.165, 1.54) is 0 Å². The molecule has 3 aliphatic heterocycles. The topological polar surface area (TPSA) is 70.2 Å². The fourth-order valence-corrected chi connectivity index (χ4v) is 5.05. The molecule has 31 heavy (non-hydrogen) atoms. The van der Waals surface area contributed by atoms with E-state index >= 15 is 0 Å². The minimum Gasteiger partial charge on any atom is -0.488 e. The van der Waals surface area contributed by atoms with Crippen molar-refractivity contribution in [1.82, 2.24) is 14.7 Å². The molecule has 2 atom stereocenters. The van der Waals surface area contributed by atoms with Crippen LogP contribution in [0.1, 0.15) is 45.4 Å². The van der Waals surface area contributed by atoms with Crippen molar-refractivity contribution in [3.63, 3.8) is 0 Å². The van der Waals surface area contributed by atoms with Crippen LogP contribution in [0.25, 0.3) is 0 Å². The second-order valence-electron chi connectivity index (χ2n) is 9.04. The molecule has 1 aromatic rings. The fraction of sp³-hybridized carbons (Fsp3) is 0.625. The Labute approximate surface area is 184 Å². The maximum absolute atomic E-state index is 13.3. The molecule has 168 valence electrons. The lowest BCUT2D eigenvalue weighted by molar-refractivity contribution is -0.144. The van der Waals surface area contributed by atoms with Gasteiger partial charge in [-0.2, -0.15) is 0 Å². The zero-order valence-electron chi connectivity index (χ0n) is 18.4. The van der Waals surface area contributed by atoms with Crippen molar-refractivity contribution < 1.29 is 19.1 Å². The Hall–Kier alpha value is -2.57. The molecule has 0 N–H and O–H groups in total. The van der Waals surface area contributed by atoms with E-state index in [1.54, 1.807) is 11.8 Å². The third-order valence-electron chi connectivity index (χ3n) is 6.85. The molecule has 0 spiro atoms. The summed E-state index contributed by atoms with van der Waals surface area (Å²) < 4.78 is 6.12. The first kappa shape index (κ1) is 21.7. The molecule has 7 nitrogen and oxygen atoms in total. The number of benzene rings is 1. The highest BCUT2D eigenvalue weighted by atomic mass is 16.5. The minimum atomic E-state index is -0.434. The van der Waals surface area contributed by atoms with Gasteiger partial charge < -0.3 is 19.4 Å². The van der Waals surface area contributed by atoms with Crippen LogP contribution >= 0.6 is 0 Å². The number of hydrogen-bond acceptors (Lipinski definition) is 4. The molecule has 4 rings (SSSR count). The summed E-state index contributed by atoms with van der Waals surface area (Å²) in [6.45, 7) is 5.03. The molecule has 3 fully saturated rings. The number of likely N-dealkylation sites (tertiary alicyclic amines) is 3. The summed E-state index contributed by atoms with van der Waals surface area (Å²) in [5, 5.41) is 0. The summed E-state index contributed by atoms with van der Waals surface area (Å²) in [6, 6.07) is 9.17. The lowest BCUT2D eigenvalue weighted by Crippen LogP contribution is -2.47. The number of rotatable bonds is 5. The predicted octanol–water partition coefficient (Wildman–Crippen LogP) is 2.31. The Morgan fingerprint density at radius 1 is 0.968 bits per heavy atom. The summed E-state index contributed by atoms with van der Waals surface area (Å²) in [7, 11) is 0. The summed E-state index contributed by atoms with van der Waals surface area (Å²) >= 11 is 0. The average Bonchev–Trinajstić information content (AvgIpc) is 3.45. The number of nitrogens with zero attached hydrogens (tertiary/aromatic N) is 3. The van der Waals surface area contributed by atoms with Crippen LogP contribution < -0.4 is 4.74 Å². The molecule has 0 saturated carbocycles. The largest absolute Gasteiger partial charge is 0.488 e. The van der Waals surface area contributed by atoms with Gasteiger partial charge in [0.25, 0.3) is 0 Å². The predicted molar refractivity (Wildman–Crippen MR) is 116 cm³/mol. The quantitative estimate of drug-likeness (QED) is 0.723. The van der Waals surface area contributed by atoms with Gasteiger partial charge in [0.15, 0.2) is 0 Å². The first-order valence-corrected chi connectivity index (χ1v) is 11.6. The number of amides is 3. The van der Waals surface area contributed by atoms with Gasteiger partial charge in [0.1, 0.15) is 17.9 Å². The first-order valence-electron chi connectivity index (χ1n) is 11.6. The Morgan fingerprint density at radius 3 is 2.29 bits per heavy atom. The molecule has 3 saturated heterocycles. The molecule has 0 radical (unpaired) electrons. The molecular weight excluding hydrogens is 394 g/mol. The summed E-state index contributed by atoms with van der Waals surface area (Å²) in [6.07, 6.45) is 4.55. The van der Waals surface area contributed by atoms with Gasteiger partial charge in [-0.05, 0) is 43.7 Å². The first-order chi connectivity index (χ1) is 15.0. The van der Waals surface area contributed by atoms with Crippen LogP contribution in [0.2, 0.25) is 0 Å². The lowest BCUT2D eigenvalue weighted by Gasteiger charge is -2.33.